The molecule has 8 heteroatoms. The van der Waals surface area contributed by atoms with E-state index in [0.29, 0.717) is 0 Å². The molecule has 90 valence electrons. The van der Waals surface area contributed by atoms with E-state index >= 15 is 0 Å². The molecule has 0 unspecified atom stereocenters. The number of rotatable bonds is 6. The first-order chi connectivity index (χ1) is 7.51. The fourth-order valence-electron chi connectivity index (χ4n) is 0.737. The Hall–Kier alpha value is -1.96. The molecule has 3 N–H and O–H groups in total. The summed E-state index contributed by atoms with van der Waals surface area (Å²) in [6.45, 7) is 0.994. The number of hydrogen-bond donors (Lipinski definition) is 2. The average Bonchev–Trinajstić information content (AvgIpc) is 2.24. The van der Waals surface area contributed by atoms with Crippen LogP contribution in [0, 0.1) is 10.1 Å². The van der Waals surface area contributed by atoms with Gasteiger partial charge in [-0.05, 0) is 11.8 Å². The van der Waals surface area contributed by atoms with E-state index in [2.05, 4.69) is 9.73 Å². The van der Waals surface area contributed by atoms with Gasteiger partial charge < -0.3 is 20.0 Å². The molecular formula is C8H13N3O5. The number of nitrogens with zero attached hydrogens (tertiary/aromatic N) is 2. The highest BCUT2D eigenvalue weighted by Gasteiger charge is 2.05. The van der Waals surface area contributed by atoms with Crippen molar-refractivity contribution in [2.24, 2.45) is 10.7 Å². The van der Waals surface area contributed by atoms with E-state index in [0.717, 1.165) is 6.08 Å². The number of hydrogen-bond acceptors (Lipinski definition) is 7. The molecule has 0 bridgehead atoms. The fourth-order valence-corrected chi connectivity index (χ4v) is 0.737. The molecule has 8 nitrogen and oxygen atoms in total. The van der Waals surface area contributed by atoms with Crippen molar-refractivity contribution in [3.8, 4) is 0 Å². The van der Waals surface area contributed by atoms with Crippen molar-refractivity contribution in [2.45, 2.75) is 6.92 Å². The number of nitrogens with two attached hydrogens (primary N) is 1. The topological polar surface area (TPSA) is 128 Å². The molecule has 0 heterocycles. The molecule has 0 aliphatic carbocycles. The highest BCUT2D eigenvalue weighted by molar-refractivity contribution is 5.97. The minimum absolute atomic E-state index is 0.0535. The van der Waals surface area contributed by atoms with Crippen molar-refractivity contribution in [3.05, 3.63) is 22.0 Å². The van der Waals surface area contributed by atoms with Crippen LogP contribution in [0.15, 0.2) is 16.9 Å². The Morgan fingerprint density at radius 3 is 2.75 bits per heavy atom. The largest absolute Gasteiger partial charge is 0.465 e. The van der Waals surface area contributed by atoms with E-state index in [4.69, 9.17) is 10.8 Å². The van der Waals surface area contributed by atoms with Gasteiger partial charge >= 0.3 is 11.8 Å². The van der Waals surface area contributed by atoms with Crippen LogP contribution >= 0.6 is 0 Å². The molecule has 0 atom stereocenters. The van der Waals surface area contributed by atoms with Crippen molar-refractivity contribution < 1.29 is 19.6 Å². The normalized spacial score (nSPS) is 12.4. The number of aliphatic hydroxyl groups is 1. The van der Waals surface area contributed by atoms with Crippen LogP contribution in [0.5, 0.6) is 0 Å². The van der Waals surface area contributed by atoms with Crippen molar-refractivity contribution >= 4 is 11.7 Å². The van der Waals surface area contributed by atoms with E-state index in [-0.39, 0.29) is 18.9 Å². The van der Waals surface area contributed by atoms with Gasteiger partial charge in [-0.25, -0.2) is 0 Å². The lowest BCUT2D eigenvalue weighted by molar-refractivity contribution is -0.426. The molecule has 0 aromatic heterocycles. The molecule has 16 heavy (non-hydrogen) atoms. The van der Waals surface area contributed by atoms with Gasteiger partial charge in [-0.1, -0.05) is 0 Å². The lowest BCUT2D eigenvalue weighted by Gasteiger charge is -1.99. The Kier molecular flexibility index (Phi) is 6.45. The summed E-state index contributed by atoms with van der Waals surface area (Å²) < 4.78 is 4.58. The Morgan fingerprint density at radius 1 is 1.69 bits per heavy atom. The third kappa shape index (κ3) is 5.70. The molecule has 0 rings (SSSR count). The number of esters is 1. The predicted molar refractivity (Wildman–Crippen MR) is 55.3 cm³/mol. The van der Waals surface area contributed by atoms with Crippen molar-refractivity contribution in [1.82, 2.24) is 0 Å². The zero-order valence-corrected chi connectivity index (χ0v) is 8.75. The Bertz CT molecular complexity index is 324. The molecule has 0 aliphatic heterocycles. The lowest BCUT2D eigenvalue weighted by Crippen LogP contribution is -2.15. The minimum atomic E-state index is -0.824. The van der Waals surface area contributed by atoms with Crippen LogP contribution in [0.3, 0.4) is 0 Å². The standard InChI is InChI=1S/C8H13N3O5/c1-2-16-8(13)4-10-6(5-12)3-7(9)11(14)15/h3,12H,2,4-5,9H2,1H3. The highest BCUT2D eigenvalue weighted by atomic mass is 16.6. The van der Waals surface area contributed by atoms with Crippen LogP contribution in [-0.4, -0.2) is 41.5 Å². The van der Waals surface area contributed by atoms with Crippen LogP contribution < -0.4 is 5.73 Å². The number of aliphatic hydroxyl groups excluding tert-OH is 1. The van der Waals surface area contributed by atoms with Gasteiger partial charge in [-0.15, -0.1) is 0 Å². The SMILES string of the molecule is CCOC(=O)CN=C(C=C(N)[N+](=O)[O-])CO. The maximum atomic E-state index is 10.9. The second kappa shape index (κ2) is 7.35. The Morgan fingerprint density at radius 2 is 2.31 bits per heavy atom. The van der Waals surface area contributed by atoms with E-state index < -0.39 is 23.3 Å². The van der Waals surface area contributed by atoms with Gasteiger partial charge in [-0.3, -0.25) is 15.5 Å². The summed E-state index contributed by atoms with van der Waals surface area (Å²) >= 11 is 0. The van der Waals surface area contributed by atoms with Crippen LogP contribution in [0.4, 0.5) is 0 Å². The third-order valence-corrected chi connectivity index (χ3v) is 1.40. The summed E-state index contributed by atoms with van der Waals surface area (Å²) in [5.41, 5.74) is 4.96. The number of nitro groups is 1. The molecule has 0 amide bonds. The summed E-state index contributed by atoms with van der Waals surface area (Å²) in [6.07, 6.45) is 0.888. The molecule has 0 aromatic carbocycles. The second-order valence-electron chi connectivity index (χ2n) is 2.60. The van der Waals surface area contributed by atoms with E-state index in [1.165, 1.54) is 0 Å². The first-order valence-corrected chi connectivity index (χ1v) is 4.42. The third-order valence-electron chi connectivity index (χ3n) is 1.40. The molecule has 0 spiro atoms. The van der Waals surface area contributed by atoms with Crippen LogP contribution in [0.1, 0.15) is 6.92 Å². The first kappa shape index (κ1) is 14.0. The fraction of sp³-hybridized carbons (Fsp3) is 0.500. The number of aliphatic imine (C=N–C) groups is 1. The minimum Gasteiger partial charge on any atom is -0.465 e. The molecule has 0 aromatic rings. The molecule has 0 aliphatic rings. The smallest absolute Gasteiger partial charge is 0.327 e. The maximum absolute atomic E-state index is 10.9. The Labute approximate surface area is 91.6 Å². The van der Waals surface area contributed by atoms with Crippen LogP contribution in [0.2, 0.25) is 0 Å². The van der Waals surface area contributed by atoms with Gasteiger partial charge in [0.15, 0.2) is 0 Å². The monoisotopic (exact) mass is 231 g/mol. The van der Waals surface area contributed by atoms with Gasteiger partial charge in [-0.2, -0.15) is 0 Å². The highest BCUT2D eigenvalue weighted by Crippen LogP contribution is 1.90. The molecular weight excluding hydrogens is 218 g/mol. The average molecular weight is 231 g/mol. The summed E-state index contributed by atoms with van der Waals surface area (Å²) in [5, 5.41) is 19.0. The van der Waals surface area contributed by atoms with Crippen LogP contribution in [0.25, 0.3) is 0 Å². The van der Waals surface area contributed by atoms with Gasteiger partial charge in [0, 0.05) is 0 Å². The van der Waals surface area contributed by atoms with Crippen molar-refractivity contribution in [2.75, 3.05) is 19.8 Å². The van der Waals surface area contributed by atoms with Gasteiger partial charge in [0.05, 0.1) is 25.0 Å². The Balaban J connectivity index is 4.50. The second-order valence-corrected chi connectivity index (χ2v) is 2.60. The number of ether oxygens (including phenoxy) is 1. The zero-order valence-electron chi connectivity index (χ0n) is 8.75. The quantitative estimate of drug-likeness (QED) is 0.263. The van der Waals surface area contributed by atoms with E-state index in [9.17, 15) is 14.9 Å². The predicted octanol–water partition coefficient (Wildman–Crippen LogP) is -0.940. The van der Waals surface area contributed by atoms with Gasteiger partial charge in [0.25, 0.3) is 0 Å². The van der Waals surface area contributed by atoms with Gasteiger partial charge in [0.2, 0.25) is 0 Å². The summed E-state index contributed by atoms with van der Waals surface area (Å²) in [7, 11) is 0. The van der Waals surface area contributed by atoms with Gasteiger partial charge in [0.1, 0.15) is 6.54 Å². The number of carbonyl (C=O) groups excluding carboxylic acids is 1. The van der Waals surface area contributed by atoms with Crippen LogP contribution in [-0.2, 0) is 9.53 Å². The molecule has 0 saturated heterocycles. The van der Waals surface area contributed by atoms with E-state index in [1.54, 1.807) is 6.92 Å². The van der Waals surface area contributed by atoms with Crippen molar-refractivity contribution in [3.63, 3.8) is 0 Å². The summed E-state index contributed by atoms with van der Waals surface area (Å²) in [6, 6.07) is 0. The zero-order chi connectivity index (χ0) is 12.6. The molecule has 0 saturated carbocycles. The first-order valence-electron chi connectivity index (χ1n) is 4.42. The summed E-state index contributed by atoms with van der Waals surface area (Å²) in [4.78, 5) is 23.9. The van der Waals surface area contributed by atoms with Crippen molar-refractivity contribution in [1.29, 1.82) is 0 Å². The lowest BCUT2D eigenvalue weighted by atomic mass is 10.3. The molecule has 0 radical (unpaired) electrons. The maximum Gasteiger partial charge on any atom is 0.327 e. The summed E-state index contributed by atoms with van der Waals surface area (Å²) in [5.74, 6) is -1.24. The van der Waals surface area contributed by atoms with E-state index in [1.807, 2.05) is 0 Å². The molecule has 0 fully saturated rings. The number of carbonyl (C=O) groups is 1.